The van der Waals surface area contributed by atoms with Crippen molar-refractivity contribution >= 4 is 17.9 Å². The number of rotatable bonds is 10. The minimum absolute atomic E-state index is 0.692. The van der Waals surface area contributed by atoms with Crippen LogP contribution in [0.1, 0.15) is 51.7 Å². The zero-order valence-electron chi connectivity index (χ0n) is 20.5. The third-order valence-electron chi connectivity index (χ3n) is 4.50. The monoisotopic (exact) mass is 443 g/mol. The molecule has 0 aliphatic rings. The van der Waals surface area contributed by atoms with Gasteiger partial charge in [0, 0.05) is 18.2 Å². The Labute approximate surface area is 198 Å². The molecule has 1 rings (SSSR count). The summed E-state index contributed by atoms with van der Waals surface area (Å²) >= 11 is 0. The van der Waals surface area contributed by atoms with E-state index in [1.54, 1.807) is 13.0 Å². The van der Waals surface area contributed by atoms with Gasteiger partial charge in [-0.05, 0) is 70.4 Å². The average Bonchev–Trinajstić information content (AvgIpc) is 2.79. The fourth-order valence-corrected chi connectivity index (χ4v) is 2.53. The molecular weight excluding hydrogens is 408 g/mol. The van der Waals surface area contributed by atoms with Crippen LogP contribution in [0.3, 0.4) is 0 Å². The maximum atomic E-state index is 10.6. The molecule has 3 nitrogen and oxygen atoms in total. The van der Waals surface area contributed by atoms with Gasteiger partial charge < -0.3 is 5.11 Å². The molecule has 0 unspecified atom stereocenters. The quantitative estimate of drug-likeness (QED) is 0.130. The lowest BCUT2D eigenvalue weighted by atomic mass is 10.1. The van der Waals surface area contributed by atoms with Crippen LogP contribution in [-0.2, 0) is 4.79 Å². The van der Waals surface area contributed by atoms with Crippen molar-refractivity contribution in [2.45, 2.75) is 41.5 Å². The molecular formula is C30H35O3+. The molecule has 3 heteroatoms. The fourth-order valence-electron chi connectivity index (χ4n) is 2.53. The summed E-state index contributed by atoms with van der Waals surface area (Å²) in [4.78, 5) is 10.6. The Kier molecular flexibility index (Phi) is 12.5. The Morgan fingerprint density at radius 3 is 2.00 bits per heavy atom. The lowest BCUT2D eigenvalue weighted by Gasteiger charge is -1.94. The van der Waals surface area contributed by atoms with Crippen molar-refractivity contribution in [3.8, 4) is 0 Å². The molecule has 0 fully saturated rings. The van der Waals surface area contributed by atoms with Crippen LogP contribution in [0.25, 0.3) is 11.6 Å². The van der Waals surface area contributed by atoms with Gasteiger partial charge in [0.05, 0.1) is 11.8 Å². The molecule has 0 radical (unpaired) electrons. The van der Waals surface area contributed by atoms with Crippen molar-refractivity contribution in [1.82, 2.24) is 0 Å². The van der Waals surface area contributed by atoms with Crippen molar-refractivity contribution in [3.63, 3.8) is 0 Å². The smallest absolute Gasteiger partial charge is 0.356 e. The number of aryl methyl sites for hydroxylation is 1. The number of aliphatic hydroxyl groups excluding tert-OH is 1. The Morgan fingerprint density at radius 2 is 1.33 bits per heavy atom. The van der Waals surface area contributed by atoms with E-state index in [1.807, 2.05) is 114 Å². The Morgan fingerprint density at radius 1 is 0.758 bits per heavy atom. The van der Waals surface area contributed by atoms with E-state index in [1.165, 1.54) is 0 Å². The second-order valence-corrected chi connectivity index (χ2v) is 7.91. The van der Waals surface area contributed by atoms with Gasteiger partial charge in [-0.15, -0.1) is 0 Å². The number of carbonyl (C=O) groups is 1. The number of hydrogen-bond acceptors (Lipinski definition) is 2. The van der Waals surface area contributed by atoms with E-state index in [0.717, 1.165) is 51.9 Å². The summed E-state index contributed by atoms with van der Waals surface area (Å²) in [6, 6.07) is 4.03. The Balaban J connectivity index is 2.91. The van der Waals surface area contributed by atoms with Gasteiger partial charge in [-0.25, -0.2) is 4.42 Å². The van der Waals surface area contributed by atoms with E-state index >= 15 is 0 Å². The number of aliphatic hydroxyl groups is 1. The number of carbonyl (C=O) groups excluding carboxylic acids is 1. The molecule has 0 aromatic carbocycles. The summed E-state index contributed by atoms with van der Waals surface area (Å²) in [5.41, 5.74) is 5.79. The van der Waals surface area contributed by atoms with E-state index in [9.17, 15) is 4.79 Å². The van der Waals surface area contributed by atoms with Crippen molar-refractivity contribution in [3.05, 3.63) is 125 Å². The molecule has 1 heterocycles. The molecule has 0 bridgehead atoms. The van der Waals surface area contributed by atoms with Crippen LogP contribution in [0, 0.1) is 6.92 Å². The maximum Gasteiger partial charge on any atom is 0.356 e. The first-order chi connectivity index (χ1) is 15.7. The highest BCUT2D eigenvalue weighted by Gasteiger charge is 2.14. The normalized spacial score (nSPS) is 15.0. The van der Waals surface area contributed by atoms with Gasteiger partial charge in [0.2, 0.25) is 0 Å². The van der Waals surface area contributed by atoms with Gasteiger partial charge in [-0.2, -0.15) is 0 Å². The molecule has 0 saturated carbocycles. The molecule has 0 amide bonds. The van der Waals surface area contributed by atoms with Crippen LogP contribution >= 0.6 is 0 Å². The minimum atomic E-state index is 0.692. The SMILES string of the molecule is C\C(C=O)=C/C=C/C(C)=C/C=C/C=C(\C)c1cc(C)cc(/C=C/C(C)=C/C=C/C(C)=C/O)[o+]1. The van der Waals surface area contributed by atoms with Gasteiger partial charge >= 0.3 is 11.5 Å². The predicted molar refractivity (Wildman–Crippen MR) is 142 cm³/mol. The second-order valence-electron chi connectivity index (χ2n) is 7.91. The van der Waals surface area contributed by atoms with E-state index < -0.39 is 0 Å². The van der Waals surface area contributed by atoms with Crippen LogP contribution in [-0.4, -0.2) is 11.4 Å². The fraction of sp³-hybridized carbons (Fsp3) is 0.200. The first-order valence-electron chi connectivity index (χ1n) is 10.9. The summed E-state index contributed by atoms with van der Waals surface area (Å²) < 4.78 is 6.06. The highest BCUT2D eigenvalue weighted by molar-refractivity contribution is 5.72. The predicted octanol–water partition coefficient (Wildman–Crippen LogP) is 8.45. The maximum absolute atomic E-state index is 10.6. The lowest BCUT2D eigenvalue weighted by Crippen LogP contribution is -1.85. The van der Waals surface area contributed by atoms with Crippen molar-refractivity contribution in [2.24, 2.45) is 0 Å². The summed E-state index contributed by atoms with van der Waals surface area (Å²) in [7, 11) is 0. The molecule has 33 heavy (non-hydrogen) atoms. The third kappa shape index (κ3) is 12.0. The summed E-state index contributed by atoms with van der Waals surface area (Å²) in [6.07, 6.45) is 25.2. The lowest BCUT2D eigenvalue weighted by molar-refractivity contribution is -0.104. The van der Waals surface area contributed by atoms with E-state index in [0.29, 0.717) is 5.57 Å². The molecule has 0 aliphatic heterocycles. The molecule has 1 aromatic heterocycles. The zero-order chi connectivity index (χ0) is 24.6. The van der Waals surface area contributed by atoms with Gasteiger partial charge in [0.1, 0.15) is 6.29 Å². The molecule has 172 valence electrons. The number of allylic oxidation sites excluding steroid dienone is 16. The molecule has 0 aliphatic carbocycles. The number of aldehydes is 1. The van der Waals surface area contributed by atoms with Crippen LogP contribution in [0.4, 0.5) is 0 Å². The van der Waals surface area contributed by atoms with Gasteiger partial charge in [-0.1, -0.05) is 65.8 Å². The summed E-state index contributed by atoms with van der Waals surface area (Å²) in [5, 5.41) is 8.91. The Hall–Kier alpha value is -3.72. The zero-order valence-corrected chi connectivity index (χ0v) is 20.5. The van der Waals surface area contributed by atoms with Gasteiger partial charge in [-0.3, -0.25) is 4.79 Å². The second kappa shape index (κ2) is 15.1. The average molecular weight is 444 g/mol. The highest BCUT2D eigenvalue weighted by Crippen LogP contribution is 2.19. The van der Waals surface area contributed by atoms with Gasteiger partial charge in [0.15, 0.2) is 0 Å². The molecule has 0 saturated heterocycles. The van der Waals surface area contributed by atoms with Gasteiger partial charge in [0.25, 0.3) is 0 Å². The van der Waals surface area contributed by atoms with E-state index in [2.05, 4.69) is 0 Å². The van der Waals surface area contributed by atoms with Crippen LogP contribution in [0.5, 0.6) is 0 Å². The van der Waals surface area contributed by atoms with Crippen LogP contribution in [0.2, 0.25) is 0 Å². The third-order valence-corrected chi connectivity index (χ3v) is 4.50. The van der Waals surface area contributed by atoms with E-state index in [4.69, 9.17) is 9.52 Å². The first kappa shape index (κ1) is 27.3. The van der Waals surface area contributed by atoms with Crippen molar-refractivity contribution in [1.29, 1.82) is 0 Å². The topological polar surface area (TPSA) is 48.6 Å². The molecule has 0 spiro atoms. The molecule has 1 aromatic rings. The number of hydrogen-bond donors (Lipinski definition) is 1. The summed E-state index contributed by atoms with van der Waals surface area (Å²) in [6.45, 7) is 11.7. The molecule has 1 N–H and O–H groups in total. The van der Waals surface area contributed by atoms with Crippen LogP contribution < -0.4 is 0 Å². The Bertz CT molecular complexity index is 1080. The first-order valence-corrected chi connectivity index (χ1v) is 10.9. The van der Waals surface area contributed by atoms with E-state index in [-0.39, 0.29) is 0 Å². The minimum Gasteiger partial charge on any atom is -0.515 e. The van der Waals surface area contributed by atoms with Crippen LogP contribution in [0.15, 0.2) is 112 Å². The standard InChI is InChI=1S/C30H34O3/c1-23(12-9-14-25(3)21-31)11-7-8-16-28(6)30-20-27(5)19-29(33-30)18-17-24(2)13-10-15-26(4)22-32/h7-22H,1-6H3/p+1/b8-7+,12-9+,15-10+,18-17+,23-11+,24-13+,25-14+,26-22+,28-16+. The summed E-state index contributed by atoms with van der Waals surface area (Å²) in [5.74, 6) is 1.60. The highest BCUT2D eigenvalue weighted by atomic mass is 16.3. The largest absolute Gasteiger partial charge is 0.515 e. The van der Waals surface area contributed by atoms with Crippen molar-refractivity contribution in [2.75, 3.05) is 0 Å². The van der Waals surface area contributed by atoms with Crippen molar-refractivity contribution < 1.29 is 14.3 Å². The molecule has 0 atom stereocenters.